The van der Waals surface area contributed by atoms with E-state index < -0.39 is 11.9 Å². The van der Waals surface area contributed by atoms with E-state index in [0.717, 1.165) is 54.1 Å². The third-order valence-corrected chi connectivity index (χ3v) is 5.98. The molecule has 162 valence electrons. The molecule has 3 aromatic rings. The van der Waals surface area contributed by atoms with Crippen LogP contribution in [0.5, 0.6) is 0 Å². The van der Waals surface area contributed by atoms with E-state index in [1.807, 2.05) is 24.3 Å². The van der Waals surface area contributed by atoms with Crippen LogP contribution in [0, 0.1) is 5.92 Å². The second-order valence-corrected chi connectivity index (χ2v) is 8.71. The zero-order valence-corrected chi connectivity index (χ0v) is 18.3. The number of carboxylic acids is 1. The number of aliphatic carboxylic acids is 1. The van der Waals surface area contributed by atoms with Crippen molar-refractivity contribution in [3.05, 3.63) is 66.2 Å². The number of hydrogen-bond acceptors (Lipinski definition) is 3. The van der Waals surface area contributed by atoms with Gasteiger partial charge in [-0.3, -0.25) is 4.79 Å². The van der Waals surface area contributed by atoms with Crippen molar-refractivity contribution in [2.24, 2.45) is 5.92 Å². The van der Waals surface area contributed by atoms with Crippen LogP contribution < -0.4 is 10.2 Å². The molecule has 1 atom stereocenters. The smallest absolute Gasteiger partial charge is 0.310 e. The summed E-state index contributed by atoms with van der Waals surface area (Å²) in [6.07, 6.45) is 0.648. The lowest BCUT2D eigenvalue weighted by molar-refractivity contribution is -0.139. The fraction of sp³-hybridized carbons (Fsp3) is 0.346. The summed E-state index contributed by atoms with van der Waals surface area (Å²) < 4.78 is 0. The van der Waals surface area contributed by atoms with Crippen molar-refractivity contribution in [2.75, 3.05) is 31.1 Å². The predicted molar refractivity (Wildman–Crippen MR) is 127 cm³/mol. The molecule has 1 unspecified atom stereocenters. The van der Waals surface area contributed by atoms with Gasteiger partial charge in [-0.15, -0.1) is 0 Å². The molecular formula is C26H31N3O2. The van der Waals surface area contributed by atoms with Gasteiger partial charge in [-0.05, 0) is 46.7 Å². The third kappa shape index (κ3) is 5.00. The van der Waals surface area contributed by atoms with E-state index in [2.05, 4.69) is 65.4 Å². The lowest BCUT2D eigenvalue weighted by Crippen LogP contribution is -2.43. The second-order valence-electron chi connectivity index (χ2n) is 8.71. The maximum atomic E-state index is 11.7. The number of carbonyl (C=O) groups is 1. The maximum absolute atomic E-state index is 11.7. The zero-order valence-electron chi connectivity index (χ0n) is 18.3. The molecule has 4 rings (SSSR count). The molecule has 2 heterocycles. The molecule has 2 aromatic carbocycles. The highest BCUT2D eigenvalue weighted by Crippen LogP contribution is 2.29. The van der Waals surface area contributed by atoms with E-state index in [1.54, 1.807) is 0 Å². The molecule has 1 aliphatic rings. The Hall–Kier alpha value is -3.05. The quantitative estimate of drug-likeness (QED) is 0.508. The molecule has 0 radical (unpaired) electrons. The summed E-state index contributed by atoms with van der Waals surface area (Å²) in [4.78, 5) is 17.6. The average molecular weight is 418 g/mol. The van der Waals surface area contributed by atoms with Gasteiger partial charge in [0, 0.05) is 31.9 Å². The minimum atomic E-state index is -0.753. The number of nitrogens with one attached hydrogen (secondary N) is 2. The average Bonchev–Trinajstić information content (AvgIpc) is 3.28. The van der Waals surface area contributed by atoms with E-state index in [0.29, 0.717) is 12.3 Å². The Labute approximate surface area is 184 Å². The van der Waals surface area contributed by atoms with E-state index in [-0.39, 0.29) is 0 Å². The van der Waals surface area contributed by atoms with Crippen LogP contribution in [0.25, 0.3) is 22.4 Å². The van der Waals surface area contributed by atoms with Gasteiger partial charge in [-0.1, -0.05) is 62.4 Å². The van der Waals surface area contributed by atoms with Gasteiger partial charge in [-0.2, -0.15) is 0 Å². The molecule has 1 aromatic heterocycles. The highest BCUT2D eigenvalue weighted by molar-refractivity contribution is 5.77. The first-order valence-electron chi connectivity index (χ1n) is 11.1. The fourth-order valence-electron chi connectivity index (χ4n) is 4.24. The molecule has 1 fully saturated rings. The maximum Gasteiger partial charge on any atom is 0.310 e. The van der Waals surface area contributed by atoms with Gasteiger partial charge in [0.25, 0.3) is 0 Å². The van der Waals surface area contributed by atoms with Crippen LogP contribution in [0.3, 0.4) is 0 Å². The van der Waals surface area contributed by atoms with Crippen molar-refractivity contribution < 1.29 is 9.90 Å². The molecule has 3 N–H and O–H groups in total. The molecule has 31 heavy (non-hydrogen) atoms. The minimum absolute atomic E-state index is 0.341. The van der Waals surface area contributed by atoms with Crippen molar-refractivity contribution in [1.82, 2.24) is 10.3 Å². The van der Waals surface area contributed by atoms with Crippen molar-refractivity contribution in [3.63, 3.8) is 0 Å². The molecule has 5 heteroatoms. The van der Waals surface area contributed by atoms with Crippen molar-refractivity contribution in [1.29, 1.82) is 0 Å². The minimum Gasteiger partial charge on any atom is -0.481 e. The largest absolute Gasteiger partial charge is 0.481 e. The highest BCUT2D eigenvalue weighted by atomic mass is 16.4. The SMILES string of the molecule is CC(C)CC(C(=O)O)c1ccc(-c2ccc(-c3ccc(N4CCNCC4)[nH]3)cc2)cc1. The Morgan fingerprint density at radius 1 is 0.903 bits per heavy atom. The summed E-state index contributed by atoms with van der Waals surface area (Å²) in [5.74, 6) is 0.310. The summed E-state index contributed by atoms with van der Waals surface area (Å²) in [7, 11) is 0. The molecule has 1 aliphatic heterocycles. The van der Waals surface area contributed by atoms with Gasteiger partial charge in [0.1, 0.15) is 5.82 Å². The van der Waals surface area contributed by atoms with Crippen molar-refractivity contribution >= 4 is 11.8 Å². The van der Waals surface area contributed by atoms with Crippen LogP contribution >= 0.6 is 0 Å². The van der Waals surface area contributed by atoms with Crippen LogP contribution in [0.2, 0.25) is 0 Å². The Bertz CT molecular complexity index is 1000. The Morgan fingerprint density at radius 2 is 1.48 bits per heavy atom. The molecule has 0 aliphatic carbocycles. The Kier molecular flexibility index (Phi) is 6.42. The summed E-state index contributed by atoms with van der Waals surface area (Å²) >= 11 is 0. The summed E-state index contributed by atoms with van der Waals surface area (Å²) in [6, 6.07) is 20.8. The summed E-state index contributed by atoms with van der Waals surface area (Å²) in [5, 5.41) is 13.0. The van der Waals surface area contributed by atoms with Crippen molar-refractivity contribution in [3.8, 4) is 22.4 Å². The molecule has 1 saturated heterocycles. The van der Waals surface area contributed by atoms with Gasteiger partial charge in [0.2, 0.25) is 0 Å². The van der Waals surface area contributed by atoms with Gasteiger partial charge in [-0.25, -0.2) is 0 Å². The number of aromatic amines is 1. The van der Waals surface area contributed by atoms with E-state index in [9.17, 15) is 9.90 Å². The lowest BCUT2D eigenvalue weighted by Gasteiger charge is -2.28. The van der Waals surface area contributed by atoms with Crippen molar-refractivity contribution in [2.45, 2.75) is 26.2 Å². The van der Waals surface area contributed by atoms with E-state index in [1.165, 1.54) is 5.82 Å². The topological polar surface area (TPSA) is 68.4 Å². The monoisotopic (exact) mass is 417 g/mol. The molecular weight excluding hydrogens is 386 g/mol. The van der Waals surface area contributed by atoms with E-state index in [4.69, 9.17) is 0 Å². The Morgan fingerprint density at radius 3 is 2.06 bits per heavy atom. The molecule has 0 saturated carbocycles. The number of carboxylic acid groups (broad SMARTS) is 1. The van der Waals surface area contributed by atoms with Crippen LogP contribution in [0.1, 0.15) is 31.7 Å². The number of rotatable bonds is 7. The Balaban J connectivity index is 1.48. The fourth-order valence-corrected chi connectivity index (χ4v) is 4.24. The first-order chi connectivity index (χ1) is 15.0. The number of anilines is 1. The standard InChI is InChI=1S/C26H31N3O2/c1-18(2)17-23(26(30)31)21-7-3-19(4-8-21)20-5-9-22(10-6-20)24-11-12-25(28-24)29-15-13-27-14-16-29/h3-12,18,23,27-28H,13-17H2,1-2H3,(H,30,31). The molecule has 0 bridgehead atoms. The number of H-pyrrole nitrogens is 1. The number of benzene rings is 2. The molecule has 0 spiro atoms. The first kappa shape index (κ1) is 21.2. The third-order valence-electron chi connectivity index (χ3n) is 5.98. The molecule has 5 nitrogen and oxygen atoms in total. The molecule has 0 amide bonds. The van der Waals surface area contributed by atoms with Crippen LogP contribution in [0.15, 0.2) is 60.7 Å². The van der Waals surface area contributed by atoms with E-state index >= 15 is 0 Å². The van der Waals surface area contributed by atoms with Gasteiger partial charge in [0.05, 0.1) is 5.92 Å². The number of nitrogens with zero attached hydrogens (tertiary/aromatic N) is 1. The normalized spacial score (nSPS) is 15.3. The summed E-state index contributed by atoms with van der Waals surface area (Å²) in [6.45, 7) is 8.20. The van der Waals surface area contributed by atoms with Gasteiger partial charge < -0.3 is 20.3 Å². The number of piperazine rings is 1. The van der Waals surface area contributed by atoms with Crippen LogP contribution in [-0.2, 0) is 4.79 Å². The first-order valence-corrected chi connectivity index (χ1v) is 11.1. The highest BCUT2D eigenvalue weighted by Gasteiger charge is 2.21. The van der Waals surface area contributed by atoms with Crippen LogP contribution in [0.4, 0.5) is 5.82 Å². The second kappa shape index (κ2) is 9.40. The predicted octanol–water partition coefficient (Wildman–Crippen LogP) is 4.97. The van der Waals surface area contributed by atoms with Crippen LogP contribution in [-0.4, -0.2) is 42.2 Å². The number of hydrogen-bond donors (Lipinski definition) is 3. The zero-order chi connectivity index (χ0) is 21.8. The summed E-state index contributed by atoms with van der Waals surface area (Å²) in [5.41, 5.74) is 5.36. The number of aromatic nitrogens is 1. The lowest BCUT2D eigenvalue weighted by atomic mass is 9.89. The van der Waals surface area contributed by atoms with Gasteiger partial charge >= 0.3 is 5.97 Å². The van der Waals surface area contributed by atoms with Gasteiger partial charge in [0.15, 0.2) is 0 Å².